The molecule has 1 atom stereocenters. The van der Waals surface area contributed by atoms with E-state index in [0.717, 1.165) is 22.2 Å². The molecule has 7 nitrogen and oxygen atoms in total. The molecular formula is C22H20N4O3S2. The average molecular weight is 453 g/mol. The highest BCUT2D eigenvalue weighted by Crippen LogP contribution is 2.35. The molecule has 31 heavy (non-hydrogen) atoms. The first-order valence-corrected chi connectivity index (χ1v) is 11.8. The van der Waals surface area contributed by atoms with E-state index in [4.69, 9.17) is 5.14 Å². The molecule has 0 saturated carbocycles. The Morgan fingerprint density at radius 3 is 2.45 bits per heavy atom. The molecule has 0 aliphatic rings. The first-order chi connectivity index (χ1) is 14.8. The molecule has 1 aromatic heterocycles. The van der Waals surface area contributed by atoms with E-state index < -0.39 is 15.3 Å². The van der Waals surface area contributed by atoms with Crippen molar-refractivity contribution in [2.24, 2.45) is 5.14 Å². The van der Waals surface area contributed by atoms with Crippen LogP contribution >= 0.6 is 11.8 Å². The number of primary sulfonamides is 1. The Morgan fingerprint density at radius 2 is 1.77 bits per heavy atom. The Labute approximate surface area is 184 Å². The third-order valence-electron chi connectivity index (χ3n) is 4.64. The molecule has 0 radical (unpaired) electrons. The van der Waals surface area contributed by atoms with Crippen LogP contribution in [0.25, 0.3) is 11.0 Å². The number of nitrogens with zero attached hydrogens (tertiary/aromatic N) is 1. The number of hydrogen-bond donors (Lipinski definition) is 3. The molecule has 158 valence electrons. The van der Waals surface area contributed by atoms with Crippen molar-refractivity contribution in [3.05, 3.63) is 83.9 Å². The number of aromatic amines is 1. The summed E-state index contributed by atoms with van der Waals surface area (Å²) in [7, 11) is -3.79. The lowest BCUT2D eigenvalue weighted by Gasteiger charge is -2.16. The highest BCUT2D eigenvalue weighted by Gasteiger charge is 2.24. The number of anilines is 1. The fourth-order valence-electron chi connectivity index (χ4n) is 3.10. The number of nitrogens with one attached hydrogen (secondary N) is 2. The van der Waals surface area contributed by atoms with Gasteiger partial charge in [0.25, 0.3) is 0 Å². The molecule has 1 heterocycles. The molecule has 0 fully saturated rings. The van der Waals surface area contributed by atoms with Crippen LogP contribution in [0, 0.1) is 6.92 Å². The van der Waals surface area contributed by atoms with E-state index in [9.17, 15) is 13.2 Å². The zero-order valence-corrected chi connectivity index (χ0v) is 18.2. The van der Waals surface area contributed by atoms with Gasteiger partial charge in [-0.2, -0.15) is 0 Å². The monoisotopic (exact) mass is 452 g/mol. The van der Waals surface area contributed by atoms with Crippen LogP contribution < -0.4 is 10.5 Å². The number of carbonyl (C=O) groups is 1. The summed E-state index contributed by atoms with van der Waals surface area (Å²) in [5.74, 6) is -0.254. The summed E-state index contributed by atoms with van der Waals surface area (Å²) in [6.45, 7) is 2.01. The fourth-order valence-corrected chi connectivity index (χ4v) is 4.62. The number of rotatable bonds is 6. The third kappa shape index (κ3) is 4.96. The van der Waals surface area contributed by atoms with Crippen molar-refractivity contribution in [1.29, 1.82) is 0 Å². The summed E-state index contributed by atoms with van der Waals surface area (Å²) in [6, 6.07) is 21.1. The zero-order chi connectivity index (χ0) is 22.0. The molecule has 0 saturated heterocycles. The number of H-pyrrole nitrogens is 1. The Bertz CT molecular complexity index is 1330. The van der Waals surface area contributed by atoms with Gasteiger partial charge in [-0.3, -0.25) is 4.79 Å². The zero-order valence-electron chi connectivity index (χ0n) is 16.6. The number of amides is 1. The normalized spacial score (nSPS) is 12.6. The second-order valence-electron chi connectivity index (χ2n) is 7.03. The number of carbonyl (C=O) groups excluding carboxylic acids is 1. The van der Waals surface area contributed by atoms with Crippen LogP contribution in [-0.4, -0.2) is 24.3 Å². The smallest absolute Gasteiger partial charge is 0.242 e. The van der Waals surface area contributed by atoms with Crippen LogP contribution in [-0.2, 0) is 14.8 Å². The van der Waals surface area contributed by atoms with Gasteiger partial charge in [0.2, 0.25) is 15.9 Å². The van der Waals surface area contributed by atoms with Gasteiger partial charge >= 0.3 is 0 Å². The van der Waals surface area contributed by atoms with Crippen LogP contribution in [0.5, 0.6) is 0 Å². The lowest BCUT2D eigenvalue weighted by molar-refractivity contribution is -0.115. The first-order valence-electron chi connectivity index (χ1n) is 9.41. The number of hydrogen-bond acceptors (Lipinski definition) is 5. The van der Waals surface area contributed by atoms with Gasteiger partial charge in [0.05, 0.1) is 15.9 Å². The molecule has 4 N–H and O–H groups in total. The Kier molecular flexibility index (Phi) is 5.81. The van der Waals surface area contributed by atoms with Crippen molar-refractivity contribution < 1.29 is 13.2 Å². The van der Waals surface area contributed by atoms with E-state index in [0.29, 0.717) is 10.8 Å². The fraction of sp³-hybridized carbons (Fsp3) is 0.0909. The standard InChI is InChI=1S/C22H20N4O3S2/c1-14-7-12-18-19(13-14)26-22(25-18)30-20(15-5-3-2-4-6-15)21(27)24-16-8-10-17(11-9-16)31(23,28)29/h2-13,20H,1H3,(H,24,27)(H,25,26)(H2,23,28,29)/t20-/m0/s1. The second kappa shape index (κ2) is 8.54. The summed E-state index contributed by atoms with van der Waals surface area (Å²) in [5.41, 5.74) is 4.15. The van der Waals surface area contributed by atoms with Gasteiger partial charge in [0, 0.05) is 5.69 Å². The topological polar surface area (TPSA) is 118 Å². The molecule has 0 unspecified atom stereocenters. The molecule has 0 bridgehead atoms. The van der Waals surface area contributed by atoms with Gasteiger partial charge in [0.15, 0.2) is 5.16 Å². The highest BCUT2D eigenvalue weighted by molar-refractivity contribution is 8.00. The summed E-state index contributed by atoms with van der Waals surface area (Å²) in [5, 5.41) is 8.04. The lowest BCUT2D eigenvalue weighted by Crippen LogP contribution is -2.19. The van der Waals surface area contributed by atoms with Crippen LogP contribution in [0.2, 0.25) is 0 Å². The van der Waals surface area contributed by atoms with Crippen LogP contribution in [0.4, 0.5) is 5.69 Å². The minimum absolute atomic E-state index is 0.0166. The molecule has 1 amide bonds. The largest absolute Gasteiger partial charge is 0.333 e. The minimum Gasteiger partial charge on any atom is -0.333 e. The number of sulfonamides is 1. The predicted molar refractivity (Wildman–Crippen MR) is 122 cm³/mol. The number of imidazole rings is 1. The lowest BCUT2D eigenvalue weighted by atomic mass is 10.1. The predicted octanol–water partition coefficient (Wildman–Crippen LogP) is 3.99. The van der Waals surface area contributed by atoms with Crippen molar-refractivity contribution in [3.63, 3.8) is 0 Å². The summed E-state index contributed by atoms with van der Waals surface area (Å²) in [6.07, 6.45) is 0. The van der Waals surface area contributed by atoms with E-state index in [1.54, 1.807) is 0 Å². The number of aryl methyl sites for hydroxylation is 1. The third-order valence-corrected chi connectivity index (χ3v) is 6.70. The average Bonchev–Trinajstić information content (AvgIpc) is 3.14. The molecule has 0 aliphatic carbocycles. The van der Waals surface area contributed by atoms with Gasteiger partial charge < -0.3 is 10.3 Å². The van der Waals surface area contributed by atoms with Gasteiger partial charge in [-0.15, -0.1) is 0 Å². The summed E-state index contributed by atoms with van der Waals surface area (Å²) < 4.78 is 22.9. The Morgan fingerprint density at radius 1 is 1.06 bits per heavy atom. The maximum Gasteiger partial charge on any atom is 0.242 e. The van der Waals surface area contributed by atoms with Crippen molar-refractivity contribution in [2.75, 3.05) is 5.32 Å². The quantitative estimate of drug-likeness (QED) is 0.382. The van der Waals surface area contributed by atoms with Gasteiger partial charge in [0.1, 0.15) is 5.25 Å². The van der Waals surface area contributed by atoms with Gasteiger partial charge in [-0.1, -0.05) is 48.2 Å². The number of benzene rings is 3. The van der Waals surface area contributed by atoms with E-state index in [1.165, 1.54) is 36.0 Å². The minimum atomic E-state index is -3.79. The first kappa shape index (κ1) is 21.1. The van der Waals surface area contributed by atoms with Gasteiger partial charge in [-0.05, 0) is 54.4 Å². The molecule has 3 aromatic carbocycles. The van der Waals surface area contributed by atoms with E-state index in [2.05, 4.69) is 15.3 Å². The molecular weight excluding hydrogens is 432 g/mol. The highest BCUT2D eigenvalue weighted by atomic mass is 32.2. The van der Waals surface area contributed by atoms with Crippen molar-refractivity contribution >= 4 is 44.4 Å². The number of aromatic nitrogens is 2. The van der Waals surface area contributed by atoms with Crippen LogP contribution in [0.1, 0.15) is 16.4 Å². The van der Waals surface area contributed by atoms with Crippen molar-refractivity contribution in [3.8, 4) is 0 Å². The maximum absolute atomic E-state index is 13.2. The molecule has 9 heteroatoms. The number of nitrogens with two attached hydrogens (primary N) is 1. The van der Waals surface area contributed by atoms with Crippen LogP contribution in [0.3, 0.4) is 0 Å². The van der Waals surface area contributed by atoms with Crippen LogP contribution in [0.15, 0.2) is 82.8 Å². The molecule has 0 aliphatic heterocycles. The van der Waals surface area contributed by atoms with Crippen molar-refractivity contribution in [2.45, 2.75) is 22.2 Å². The molecule has 0 spiro atoms. The molecule has 4 aromatic rings. The Balaban J connectivity index is 1.60. The number of thioether (sulfide) groups is 1. The van der Waals surface area contributed by atoms with E-state index >= 15 is 0 Å². The van der Waals surface area contributed by atoms with Gasteiger partial charge in [-0.25, -0.2) is 18.5 Å². The number of fused-ring (bicyclic) bond motifs is 1. The van der Waals surface area contributed by atoms with E-state index in [1.807, 2.05) is 55.5 Å². The Hall–Kier alpha value is -3.14. The SMILES string of the molecule is Cc1ccc2nc(S[C@H](C(=O)Nc3ccc(S(N)(=O)=O)cc3)c3ccccc3)[nH]c2c1. The maximum atomic E-state index is 13.2. The van der Waals surface area contributed by atoms with E-state index in [-0.39, 0.29) is 10.8 Å². The molecule has 4 rings (SSSR count). The summed E-state index contributed by atoms with van der Waals surface area (Å²) in [4.78, 5) is 21.0. The summed E-state index contributed by atoms with van der Waals surface area (Å²) >= 11 is 1.31. The second-order valence-corrected chi connectivity index (χ2v) is 9.68. The van der Waals surface area contributed by atoms with Crippen molar-refractivity contribution in [1.82, 2.24) is 9.97 Å².